The summed E-state index contributed by atoms with van der Waals surface area (Å²) >= 11 is 0. The number of aliphatic hydroxyl groups is 1. The number of carbonyl (C=O) groups excluding carboxylic acids is 4. The summed E-state index contributed by atoms with van der Waals surface area (Å²) in [7, 11) is -9.88. The summed E-state index contributed by atoms with van der Waals surface area (Å²) in [4.78, 5) is 72.0. The fraction of sp³-hybridized carbons (Fsp3) is 0.938. The summed E-state index contributed by atoms with van der Waals surface area (Å²) in [5, 5.41) is 10.5. The van der Waals surface area contributed by atoms with E-state index in [0.717, 1.165) is 109 Å². The molecule has 498 valence electrons. The van der Waals surface area contributed by atoms with Crippen LogP contribution in [-0.2, 0) is 65.4 Å². The predicted octanol–water partition coefficient (Wildman–Crippen LogP) is 18.3. The van der Waals surface area contributed by atoms with Gasteiger partial charge in [0.1, 0.15) is 19.3 Å². The molecule has 19 heteroatoms. The average molecular weight is 1240 g/mol. The highest BCUT2D eigenvalue weighted by atomic mass is 31.2. The first-order valence-corrected chi connectivity index (χ1v) is 37.3. The van der Waals surface area contributed by atoms with E-state index in [1.165, 1.54) is 148 Å². The largest absolute Gasteiger partial charge is 0.472 e. The van der Waals surface area contributed by atoms with Gasteiger partial charge in [-0.15, -0.1) is 0 Å². The maximum Gasteiger partial charge on any atom is 0.472 e. The van der Waals surface area contributed by atoms with Gasteiger partial charge in [-0.25, -0.2) is 9.13 Å². The smallest absolute Gasteiger partial charge is 0.462 e. The van der Waals surface area contributed by atoms with Crippen LogP contribution in [0, 0.1) is 0 Å². The Morgan fingerprint density at radius 3 is 0.702 bits per heavy atom. The van der Waals surface area contributed by atoms with Crippen molar-refractivity contribution < 1.29 is 80.2 Å². The second-order valence-corrected chi connectivity index (χ2v) is 26.4. The van der Waals surface area contributed by atoms with Crippen LogP contribution in [0.5, 0.6) is 0 Å². The fourth-order valence-corrected chi connectivity index (χ4v) is 11.4. The van der Waals surface area contributed by atoms with Gasteiger partial charge >= 0.3 is 39.5 Å². The van der Waals surface area contributed by atoms with Crippen molar-refractivity contribution in [2.45, 2.75) is 354 Å². The van der Waals surface area contributed by atoms with E-state index in [1.807, 2.05) is 0 Å². The van der Waals surface area contributed by atoms with Crippen molar-refractivity contribution >= 4 is 39.5 Å². The molecule has 0 aliphatic rings. The standard InChI is InChI=1S/C65H126O17P2/c1-5-9-13-17-21-24-26-27-28-29-30-31-32-34-36-40-44-48-52-65(70)82-61(56-76-63(68)50-46-42-39-35-33-25-22-18-14-10-6-2)58-80-84(73,74)78-54-59(66)53-77-83(71,72)79-57-60(55-75-62(67)49-45-41-37-20-16-12-8-4)81-64(69)51-47-43-38-23-19-15-11-7-3/h59-61,66H,5-58H2,1-4H3,(H,71,72)(H,73,74)/t59-,60+,61+/m0/s1. The van der Waals surface area contributed by atoms with Crippen LogP contribution < -0.4 is 0 Å². The van der Waals surface area contributed by atoms with Crippen LogP contribution in [0.25, 0.3) is 0 Å². The quantitative estimate of drug-likeness (QED) is 0.0222. The summed E-state index contributed by atoms with van der Waals surface area (Å²) in [6, 6.07) is 0. The van der Waals surface area contributed by atoms with Crippen molar-refractivity contribution in [2.24, 2.45) is 0 Å². The van der Waals surface area contributed by atoms with Gasteiger partial charge < -0.3 is 33.8 Å². The highest BCUT2D eigenvalue weighted by molar-refractivity contribution is 7.47. The van der Waals surface area contributed by atoms with Crippen molar-refractivity contribution in [3.63, 3.8) is 0 Å². The van der Waals surface area contributed by atoms with Crippen LogP contribution in [0.1, 0.15) is 336 Å². The average Bonchev–Trinajstić information content (AvgIpc) is 3.55. The SMILES string of the molecule is CCCCCCCCCCCCCCCCCCCCC(=O)O[C@H](COC(=O)CCCCCCCCCCCCC)COP(=O)(O)OC[C@@H](O)COP(=O)(O)OC[C@@H](COC(=O)CCCCCCCCC)OC(=O)CCCCCCCCCC. The molecule has 0 bridgehead atoms. The second kappa shape index (κ2) is 60.0. The normalized spacial score (nSPS) is 14.1. The third-order valence-electron chi connectivity index (χ3n) is 15.1. The molecule has 0 heterocycles. The first-order valence-electron chi connectivity index (χ1n) is 34.3. The van der Waals surface area contributed by atoms with Crippen molar-refractivity contribution in [1.82, 2.24) is 0 Å². The molecular weight excluding hydrogens is 1110 g/mol. The zero-order valence-corrected chi connectivity index (χ0v) is 55.7. The molecule has 0 amide bonds. The van der Waals surface area contributed by atoms with Crippen molar-refractivity contribution in [1.29, 1.82) is 0 Å². The van der Waals surface area contributed by atoms with Crippen LogP contribution >= 0.6 is 15.6 Å². The van der Waals surface area contributed by atoms with E-state index in [1.54, 1.807) is 0 Å². The van der Waals surface area contributed by atoms with Crippen LogP contribution in [0.15, 0.2) is 0 Å². The molecule has 2 unspecified atom stereocenters. The van der Waals surface area contributed by atoms with E-state index in [2.05, 4.69) is 27.7 Å². The van der Waals surface area contributed by atoms with E-state index in [0.29, 0.717) is 25.7 Å². The van der Waals surface area contributed by atoms with Crippen LogP contribution in [0.4, 0.5) is 0 Å². The molecule has 5 atom stereocenters. The number of phosphoric ester groups is 2. The Morgan fingerprint density at radius 1 is 0.286 bits per heavy atom. The number of hydrogen-bond donors (Lipinski definition) is 3. The molecule has 0 fully saturated rings. The molecule has 0 rings (SSSR count). The topological polar surface area (TPSA) is 237 Å². The van der Waals surface area contributed by atoms with Crippen LogP contribution in [0.2, 0.25) is 0 Å². The molecule has 0 aromatic rings. The van der Waals surface area contributed by atoms with Gasteiger partial charge in [0, 0.05) is 25.7 Å². The van der Waals surface area contributed by atoms with E-state index >= 15 is 0 Å². The Bertz CT molecular complexity index is 1620. The molecule has 17 nitrogen and oxygen atoms in total. The highest BCUT2D eigenvalue weighted by Crippen LogP contribution is 2.45. The summed E-state index contributed by atoms with van der Waals surface area (Å²) in [6.07, 6.45) is 46.0. The van der Waals surface area contributed by atoms with Crippen molar-refractivity contribution in [3.05, 3.63) is 0 Å². The van der Waals surface area contributed by atoms with Gasteiger partial charge in [-0.1, -0.05) is 285 Å². The number of phosphoric acid groups is 2. The van der Waals surface area contributed by atoms with Gasteiger partial charge in [0.25, 0.3) is 0 Å². The minimum Gasteiger partial charge on any atom is -0.462 e. The molecule has 3 N–H and O–H groups in total. The number of rotatable bonds is 66. The predicted molar refractivity (Wildman–Crippen MR) is 335 cm³/mol. The monoisotopic (exact) mass is 1240 g/mol. The Balaban J connectivity index is 5.15. The zero-order chi connectivity index (χ0) is 61.9. The first kappa shape index (κ1) is 82.1. The summed E-state index contributed by atoms with van der Waals surface area (Å²) in [5.74, 6) is -2.14. The number of esters is 4. The molecule has 84 heavy (non-hydrogen) atoms. The molecule has 0 saturated heterocycles. The van der Waals surface area contributed by atoms with Gasteiger partial charge in [-0.3, -0.25) is 37.3 Å². The Labute approximate surface area is 511 Å². The maximum absolute atomic E-state index is 13.0. The Morgan fingerprint density at radius 2 is 0.476 bits per heavy atom. The molecular formula is C65H126O17P2. The van der Waals surface area contributed by atoms with Crippen LogP contribution in [-0.4, -0.2) is 96.7 Å². The number of ether oxygens (including phenoxy) is 4. The molecule has 0 radical (unpaired) electrons. The van der Waals surface area contributed by atoms with Gasteiger partial charge in [0.15, 0.2) is 12.2 Å². The third-order valence-corrected chi connectivity index (χ3v) is 17.0. The summed E-state index contributed by atoms with van der Waals surface area (Å²) in [6.45, 7) is 4.83. The fourth-order valence-electron chi connectivity index (χ4n) is 9.81. The van der Waals surface area contributed by atoms with E-state index in [9.17, 15) is 43.2 Å². The lowest BCUT2D eigenvalue weighted by Gasteiger charge is -2.21. The van der Waals surface area contributed by atoms with Crippen LogP contribution in [0.3, 0.4) is 0 Å². The molecule has 0 spiro atoms. The van der Waals surface area contributed by atoms with Gasteiger partial charge in [0.05, 0.1) is 26.4 Å². The minimum absolute atomic E-state index is 0.105. The molecule has 0 aliphatic carbocycles. The first-order chi connectivity index (χ1) is 40.7. The Kier molecular flexibility index (Phi) is 58.6. The number of hydrogen-bond acceptors (Lipinski definition) is 15. The molecule has 0 aliphatic heterocycles. The zero-order valence-electron chi connectivity index (χ0n) is 53.9. The minimum atomic E-state index is -4.94. The summed E-state index contributed by atoms with van der Waals surface area (Å²) < 4.78 is 67.9. The lowest BCUT2D eigenvalue weighted by molar-refractivity contribution is -0.161. The van der Waals surface area contributed by atoms with Crippen molar-refractivity contribution in [3.8, 4) is 0 Å². The second-order valence-electron chi connectivity index (χ2n) is 23.5. The van der Waals surface area contributed by atoms with E-state index in [-0.39, 0.29) is 25.7 Å². The lowest BCUT2D eigenvalue weighted by Crippen LogP contribution is -2.30. The number of aliphatic hydroxyl groups excluding tert-OH is 1. The highest BCUT2D eigenvalue weighted by Gasteiger charge is 2.30. The lowest BCUT2D eigenvalue weighted by atomic mass is 10.0. The van der Waals surface area contributed by atoms with Gasteiger partial charge in [0.2, 0.25) is 0 Å². The maximum atomic E-state index is 13.0. The molecule has 0 aromatic heterocycles. The van der Waals surface area contributed by atoms with E-state index < -0.39 is 97.5 Å². The van der Waals surface area contributed by atoms with E-state index in [4.69, 9.17) is 37.0 Å². The number of unbranched alkanes of at least 4 members (excludes halogenated alkanes) is 40. The molecule has 0 aromatic carbocycles. The summed E-state index contributed by atoms with van der Waals surface area (Å²) in [5.41, 5.74) is 0. The van der Waals surface area contributed by atoms with Gasteiger partial charge in [-0.05, 0) is 25.7 Å². The third kappa shape index (κ3) is 59.0. The van der Waals surface area contributed by atoms with Gasteiger partial charge in [-0.2, -0.15) is 0 Å². The number of carbonyl (C=O) groups is 4. The molecule has 0 saturated carbocycles. The Hall–Kier alpha value is -1.94. The van der Waals surface area contributed by atoms with Crippen molar-refractivity contribution in [2.75, 3.05) is 39.6 Å².